The number of allylic oxidation sites excluding steroid dienone is 1. The Morgan fingerprint density at radius 1 is 1.17 bits per heavy atom. The molecule has 1 heterocycles. The van der Waals surface area contributed by atoms with Crippen molar-refractivity contribution in [2.75, 3.05) is 13.1 Å². The summed E-state index contributed by atoms with van der Waals surface area (Å²) < 4.78 is 0. The van der Waals surface area contributed by atoms with E-state index in [-0.39, 0.29) is 5.54 Å². The molecule has 1 unspecified atom stereocenters. The van der Waals surface area contributed by atoms with E-state index in [0.717, 1.165) is 12.8 Å². The van der Waals surface area contributed by atoms with Gasteiger partial charge in [0.1, 0.15) is 0 Å². The fourth-order valence-corrected chi connectivity index (χ4v) is 2.89. The number of hydrogen-bond donors (Lipinski definition) is 1. The van der Waals surface area contributed by atoms with Crippen molar-refractivity contribution in [1.82, 2.24) is 4.90 Å². The van der Waals surface area contributed by atoms with E-state index < -0.39 is 0 Å². The lowest BCUT2D eigenvalue weighted by atomic mass is 9.87. The van der Waals surface area contributed by atoms with Crippen LogP contribution in [0.25, 0.3) is 0 Å². The molecule has 0 aromatic carbocycles. The van der Waals surface area contributed by atoms with Crippen LogP contribution in [-0.2, 0) is 0 Å². The van der Waals surface area contributed by atoms with Gasteiger partial charge in [-0.2, -0.15) is 0 Å². The van der Waals surface area contributed by atoms with Gasteiger partial charge in [0.15, 0.2) is 0 Å². The molecule has 0 amide bonds. The van der Waals surface area contributed by atoms with E-state index >= 15 is 0 Å². The van der Waals surface area contributed by atoms with Crippen LogP contribution in [-0.4, -0.2) is 29.6 Å². The Labute approximate surface area is 114 Å². The lowest BCUT2D eigenvalue weighted by Crippen LogP contribution is -2.57. The molecule has 0 saturated carbocycles. The molecule has 1 aliphatic heterocycles. The van der Waals surface area contributed by atoms with Gasteiger partial charge in [-0.15, -0.1) is 6.58 Å². The summed E-state index contributed by atoms with van der Waals surface area (Å²) >= 11 is 0. The van der Waals surface area contributed by atoms with Gasteiger partial charge in [0.25, 0.3) is 0 Å². The molecule has 18 heavy (non-hydrogen) atoms. The number of hydrogen-bond acceptors (Lipinski definition) is 2. The third-order valence-corrected chi connectivity index (χ3v) is 4.50. The third kappa shape index (κ3) is 4.74. The first-order valence-electron chi connectivity index (χ1n) is 7.70. The van der Waals surface area contributed by atoms with Gasteiger partial charge in [-0.3, -0.25) is 4.90 Å². The first-order valence-corrected chi connectivity index (χ1v) is 7.70. The van der Waals surface area contributed by atoms with E-state index in [0.29, 0.717) is 6.04 Å². The molecule has 1 rings (SSSR count). The number of likely N-dealkylation sites (tertiary alicyclic amines) is 1. The van der Waals surface area contributed by atoms with Crippen molar-refractivity contribution in [1.29, 1.82) is 0 Å². The van der Waals surface area contributed by atoms with Crippen LogP contribution in [0.1, 0.15) is 65.2 Å². The van der Waals surface area contributed by atoms with Crippen LogP contribution >= 0.6 is 0 Å². The molecule has 0 radical (unpaired) electrons. The number of nitrogens with two attached hydrogens (primary N) is 1. The summed E-state index contributed by atoms with van der Waals surface area (Å²) in [5.41, 5.74) is 6.60. The third-order valence-electron chi connectivity index (χ3n) is 4.50. The van der Waals surface area contributed by atoms with E-state index in [4.69, 9.17) is 5.73 Å². The van der Waals surface area contributed by atoms with Gasteiger partial charge < -0.3 is 5.73 Å². The lowest BCUT2D eigenvalue weighted by molar-refractivity contribution is 0.0698. The van der Waals surface area contributed by atoms with Gasteiger partial charge in [0.05, 0.1) is 0 Å². The molecule has 0 aromatic heterocycles. The highest BCUT2D eigenvalue weighted by Crippen LogP contribution is 2.25. The van der Waals surface area contributed by atoms with Gasteiger partial charge in [0.2, 0.25) is 0 Å². The topological polar surface area (TPSA) is 29.3 Å². The van der Waals surface area contributed by atoms with Crippen LogP contribution in [0.2, 0.25) is 0 Å². The molecule has 0 spiro atoms. The maximum Gasteiger partial charge on any atom is 0.0304 e. The smallest absolute Gasteiger partial charge is 0.0304 e. The Morgan fingerprint density at radius 3 is 2.44 bits per heavy atom. The molecule has 2 N–H and O–H groups in total. The summed E-state index contributed by atoms with van der Waals surface area (Å²) in [7, 11) is 0. The molecule has 2 heteroatoms. The van der Waals surface area contributed by atoms with Gasteiger partial charge in [0, 0.05) is 11.6 Å². The Bertz CT molecular complexity index is 229. The molecule has 0 bridgehead atoms. The molecule has 0 aliphatic carbocycles. The van der Waals surface area contributed by atoms with Crippen molar-refractivity contribution in [2.24, 2.45) is 5.73 Å². The van der Waals surface area contributed by atoms with Crippen molar-refractivity contribution in [2.45, 2.75) is 76.8 Å². The van der Waals surface area contributed by atoms with E-state index in [1.165, 1.54) is 51.6 Å². The minimum absolute atomic E-state index is 0.166. The number of unbranched alkanes of at least 4 members (excludes halogenated alkanes) is 3. The quantitative estimate of drug-likeness (QED) is 0.527. The van der Waals surface area contributed by atoms with E-state index in [9.17, 15) is 0 Å². The predicted molar refractivity (Wildman–Crippen MR) is 80.8 cm³/mol. The van der Waals surface area contributed by atoms with Crippen molar-refractivity contribution in [3.05, 3.63) is 12.7 Å². The Balaban J connectivity index is 2.28. The summed E-state index contributed by atoms with van der Waals surface area (Å²) in [6, 6.07) is 0.305. The molecule has 106 valence electrons. The molecule has 1 atom stereocenters. The SMILES string of the molecule is C=CCCCCCC(N)C(C)(C)N1CCCCC1. The molecule has 2 nitrogen and oxygen atoms in total. The minimum Gasteiger partial charge on any atom is -0.326 e. The van der Waals surface area contributed by atoms with Crippen LogP contribution in [0.5, 0.6) is 0 Å². The highest BCUT2D eigenvalue weighted by atomic mass is 15.2. The minimum atomic E-state index is 0.166. The lowest BCUT2D eigenvalue weighted by Gasteiger charge is -2.44. The van der Waals surface area contributed by atoms with Crippen molar-refractivity contribution < 1.29 is 0 Å². The second-order valence-electron chi connectivity index (χ2n) is 6.23. The van der Waals surface area contributed by atoms with Crippen LogP contribution in [0.4, 0.5) is 0 Å². The van der Waals surface area contributed by atoms with Crippen molar-refractivity contribution in [3.8, 4) is 0 Å². The normalized spacial score (nSPS) is 19.7. The maximum atomic E-state index is 6.44. The van der Waals surface area contributed by atoms with Crippen LogP contribution in [0.15, 0.2) is 12.7 Å². The standard InChI is InChI=1S/C16H32N2/c1-4-5-6-7-9-12-15(17)16(2,3)18-13-10-8-11-14-18/h4,15H,1,5-14,17H2,2-3H3. The van der Waals surface area contributed by atoms with Crippen LogP contribution in [0, 0.1) is 0 Å². The summed E-state index contributed by atoms with van der Waals surface area (Å²) in [5.74, 6) is 0. The van der Waals surface area contributed by atoms with Crippen molar-refractivity contribution >= 4 is 0 Å². The average Bonchev–Trinajstić information content (AvgIpc) is 2.39. The second kappa shape index (κ2) is 7.96. The molecule has 1 aliphatic rings. The molecule has 1 fully saturated rings. The van der Waals surface area contributed by atoms with Crippen LogP contribution in [0.3, 0.4) is 0 Å². The van der Waals surface area contributed by atoms with Crippen LogP contribution < -0.4 is 5.73 Å². The van der Waals surface area contributed by atoms with E-state index in [1.54, 1.807) is 0 Å². The summed E-state index contributed by atoms with van der Waals surface area (Å²) in [5, 5.41) is 0. The highest BCUT2D eigenvalue weighted by Gasteiger charge is 2.33. The highest BCUT2D eigenvalue weighted by molar-refractivity contribution is 4.92. The van der Waals surface area contributed by atoms with Gasteiger partial charge in [-0.1, -0.05) is 25.3 Å². The zero-order valence-electron chi connectivity index (χ0n) is 12.5. The van der Waals surface area contributed by atoms with Crippen molar-refractivity contribution in [3.63, 3.8) is 0 Å². The molecule has 1 saturated heterocycles. The first kappa shape index (κ1) is 15.7. The number of piperidine rings is 1. The predicted octanol–water partition coefficient (Wildman–Crippen LogP) is 3.71. The molecular weight excluding hydrogens is 220 g/mol. The first-order chi connectivity index (χ1) is 8.59. The zero-order chi connectivity index (χ0) is 13.4. The fourth-order valence-electron chi connectivity index (χ4n) is 2.89. The maximum absolute atomic E-state index is 6.44. The van der Waals surface area contributed by atoms with Gasteiger partial charge >= 0.3 is 0 Å². The molecule has 0 aromatic rings. The monoisotopic (exact) mass is 252 g/mol. The van der Waals surface area contributed by atoms with Gasteiger partial charge in [-0.05, 0) is 59.0 Å². The Morgan fingerprint density at radius 2 is 1.83 bits per heavy atom. The second-order valence-corrected chi connectivity index (χ2v) is 6.23. The molecular formula is C16H32N2. The Hall–Kier alpha value is -0.340. The van der Waals surface area contributed by atoms with E-state index in [2.05, 4.69) is 25.3 Å². The van der Waals surface area contributed by atoms with E-state index in [1.807, 2.05) is 6.08 Å². The fraction of sp³-hybridized carbons (Fsp3) is 0.875. The van der Waals surface area contributed by atoms with Gasteiger partial charge in [-0.25, -0.2) is 0 Å². The number of rotatable bonds is 8. The Kier molecular flexibility index (Phi) is 6.95. The summed E-state index contributed by atoms with van der Waals surface area (Å²) in [4.78, 5) is 2.60. The number of nitrogens with zero attached hydrogens (tertiary/aromatic N) is 1. The summed E-state index contributed by atoms with van der Waals surface area (Å²) in [6.07, 6.45) is 12.2. The summed E-state index contributed by atoms with van der Waals surface area (Å²) in [6.45, 7) is 10.9. The zero-order valence-corrected chi connectivity index (χ0v) is 12.5. The largest absolute Gasteiger partial charge is 0.326 e. The average molecular weight is 252 g/mol.